The third-order valence-corrected chi connectivity index (χ3v) is 3.69. The van der Waals surface area contributed by atoms with Crippen LogP contribution in [0.1, 0.15) is 23.8 Å². The predicted octanol–water partition coefficient (Wildman–Crippen LogP) is 1.30. The van der Waals surface area contributed by atoms with Crippen molar-refractivity contribution in [2.75, 3.05) is 12.9 Å². The van der Waals surface area contributed by atoms with Gasteiger partial charge in [0.1, 0.15) is 11.1 Å². The number of pyridine rings is 1. The molecule has 1 aliphatic rings. The maximum atomic E-state index is 9.73. The molecule has 0 amide bonds. The highest BCUT2D eigenvalue weighted by Gasteiger charge is 2.35. The quantitative estimate of drug-likeness (QED) is 0.797. The Kier molecular flexibility index (Phi) is 4.04. The van der Waals surface area contributed by atoms with Gasteiger partial charge in [0.25, 0.3) is 0 Å². The molecule has 2 heterocycles. The highest BCUT2D eigenvalue weighted by molar-refractivity contribution is 7.98. The van der Waals surface area contributed by atoms with Crippen LogP contribution in [0, 0.1) is 6.92 Å². The molecule has 4 nitrogen and oxygen atoms in total. The molecule has 5 heteroatoms. The van der Waals surface area contributed by atoms with Gasteiger partial charge < -0.3 is 14.9 Å². The Morgan fingerprint density at radius 1 is 1.53 bits per heavy atom. The predicted molar refractivity (Wildman–Crippen MR) is 66.1 cm³/mol. The number of rotatable bonds is 3. The van der Waals surface area contributed by atoms with Gasteiger partial charge in [-0.3, -0.25) is 0 Å². The second-order valence-electron chi connectivity index (χ2n) is 4.20. The Hall–Kier alpha value is -0.620. The molecule has 0 bridgehead atoms. The molecule has 0 radical (unpaired) electrons. The van der Waals surface area contributed by atoms with Crippen LogP contribution in [-0.2, 0) is 4.74 Å². The molecule has 0 aliphatic carbocycles. The molecular formula is C12H17NO3S. The van der Waals surface area contributed by atoms with E-state index in [9.17, 15) is 5.11 Å². The number of aryl methyl sites for hydroxylation is 1. The van der Waals surface area contributed by atoms with Gasteiger partial charge in [-0.2, -0.15) is 0 Å². The second kappa shape index (κ2) is 5.35. The van der Waals surface area contributed by atoms with E-state index >= 15 is 0 Å². The summed E-state index contributed by atoms with van der Waals surface area (Å²) < 4.78 is 5.64. The lowest BCUT2D eigenvalue weighted by Gasteiger charge is -2.15. The maximum Gasteiger partial charge on any atom is 0.107 e. The van der Waals surface area contributed by atoms with Crippen LogP contribution >= 0.6 is 11.8 Å². The molecule has 2 rings (SSSR count). The number of hydrogen-bond donors (Lipinski definition) is 2. The van der Waals surface area contributed by atoms with Crippen LogP contribution in [0.5, 0.6) is 0 Å². The molecular weight excluding hydrogens is 238 g/mol. The summed E-state index contributed by atoms with van der Waals surface area (Å²) >= 11 is 1.57. The Morgan fingerprint density at radius 2 is 2.29 bits per heavy atom. The smallest absolute Gasteiger partial charge is 0.107 e. The van der Waals surface area contributed by atoms with Gasteiger partial charge in [-0.15, -0.1) is 11.8 Å². The summed E-state index contributed by atoms with van der Waals surface area (Å²) in [6.07, 6.45) is 1.25. The molecule has 0 spiro atoms. The Balaban J connectivity index is 2.23. The van der Waals surface area contributed by atoms with Crippen molar-refractivity contribution in [1.82, 2.24) is 4.98 Å². The zero-order valence-corrected chi connectivity index (χ0v) is 10.8. The van der Waals surface area contributed by atoms with Gasteiger partial charge in [-0.1, -0.05) is 6.07 Å². The fraction of sp³-hybridized carbons (Fsp3) is 0.583. The summed E-state index contributed by atoms with van der Waals surface area (Å²) in [5, 5.41) is 19.7. The van der Waals surface area contributed by atoms with Gasteiger partial charge in [0.15, 0.2) is 0 Å². The van der Waals surface area contributed by atoms with E-state index < -0.39 is 12.2 Å². The number of nitrogens with zero attached hydrogens (tertiary/aromatic N) is 1. The first-order valence-corrected chi connectivity index (χ1v) is 6.84. The topological polar surface area (TPSA) is 62.6 Å². The fourth-order valence-corrected chi connectivity index (χ4v) is 2.72. The van der Waals surface area contributed by atoms with E-state index in [1.165, 1.54) is 0 Å². The molecule has 0 aromatic carbocycles. The third-order valence-electron chi connectivity index (χ3n) is 2.97. The third kappa shape index (κ3) is 2.63. The molecule has 1 saturated heterocycles. The van der Waals surface area contributed by atoms with Gasteiger partial charge in [-0.05, 0) is 19.2 Å². The summed E-state index contributed by atoms with van der Waals surface area (Å²) in [5.74, 6) is 0. The van der Waals surface area contributed by atoms with E-state index in [1.54, 1.807) is 11.8 Å². The Bertz CT molecular complexity index is 399. The normalized spacial score (nSPS) is 28.6. The van der Waals surface area contributed by atoms with E-state index in [0.29, 0.717) is 6.42 Å². The first-order valence-electron chi connectivity index (χ1n) is 5.61. The van der Waals surface area contributed by atoms with Crippen molar-refractivity contribution in [3.63, 3.8) is 0 Å². The van der Waals surface area contributed by atoms with Crippen LogP contribution < -0.4 is 0 Å². The molecule has 1 aromatic heterocycles. The summed E-state index contributed by atoms with van der Waals surface area (Å²) in [6.45, 7) is 1.80. The standard InChI is InChI=1S/C12H17NO3S/c1-7-3-4-8(12(13-7)17-2)10-5-9(15)11(6-14)16-10/h3-4,9-11,14-15H,5-6H2,1-2H3/t9-,10+,11+/m0/s1. The zero-order valence-electron chi connectivity index (χ0n) is 9.96. The highest BCUT2D eigenvalue weighted by atomic mass is 32.2. The average Bonchev–Trinajstić information content (AvgIpc) is 2.70. The molecule has 17 heavy (non-hydrogen) atoms. The highest BCUT2D eigenvalue weighted by Crippen LogP contribution is 2.36. The van der Waals surface area contributed by atoms with Gasteiger partial charge in [0.05, 0.1) is 18.8 Å². The average molecular weight is 255 g/mol. The molecule has 1 fully saturated rings. The molecule has 0 saturated carbocycles. The zero-order chi connectivity index (χ0) is 12.4. The summed E-state index contributed by atoms with van der Waals surface area (Å²) in [4.78, 5) is 4.45. The summed E-state index contributed by atoms with van der Waals surface area (Å²) in [5.41, 5.74) is 1.97. The monoisotopic (exact) mass is 255 g/mol. The largest absolute Gasteiger partial charge is 0.394 e. The van der Waals surface area contributed by atoms with E-state index in [2.05, 4.69) is 4.98 Å². The minimum atomic E-state index is -0.596. The molecule has 2 N–H and O–H groups in total. The second-order valence-corrected chi connectivity index (χ2v) is 4.99. The van der Waals surface area contributed by atoms with Crippen LogP contribution in [0.3, 0.4) is 0 Å². The number of aliphatic hydroxyl groups is 2. The van der Waals surface area contributed by atoms with Crippen molar-refractivity contribution >= 4 is 11.8 Å². The number of aliphatic hydroxyl groups excluding tert-OH is 2. The molecule has 1 aliphatic heterocycles. The minimum Gasteiger partial charge on any atom is -0.394 e. The van der Waals surface area contributed by atoms with Crippen LogP contribution in [0.4, 0.5) is 0 Å². The van der Waals surface area contributed by atoms with Gasteiger partial charge in [0.2, 0.25) is 0 Å². The van der Waals surface area contributed by atoms with Gasteiger partial charge in [-0.25, -0.2) is 4.98 Å². The number of aromatic nitrogens is 1. The van der Waals surface area contributed by atoms with Crippen molar-refractivity contribution in [2.24, 2.45) is 0 Å². The van der Waals surface area contributed by atoms with Crippen molar-refractivity contribution in [1.29, 1.82) is 0 Å². The first-order chi connectivity index (χ1) is 8.15. The molecule has 3 atom stereocenters. The molecule has 1 aromatic rings. The van der Waals surface area contributed by atoms with E-state index in [1.807, 2.05) is 25.3 Å². The minimum absolute atomic E-state index is 0.147. The van der Waals surface area contributed by atoms with Crippen molar-refractivity contribution in [3.05, 3.63) is 23.4 Å². The lowest BCUT2D eigenvalue weighted by molar-refractivity contribution is -0.0233. The Morgan fingerprint density at radius 3 is 2.88 bits per heavy atom. The van der Waals surface area contributed by atoms with E-state index in [0.717, 1.165) is 16.3 Å². The molecule has 94 valence electrons. The maximum absolute atomic E-state index is 9.73. The van der Waals surface area contributed by atoms with Crippen molar-refractivity contribution in [2.45, 2.75) is 36.7 Å². The lowest BCUT2D eigenvalue weighted by Crippen LogP contribution is -2.24. The summed E-state index contributed by atoms with van der Waals surface area (Å²) in [6, 6.07) is 3.93. The molecule has 0 unspecified atom stereocenters. The van der Waals surface area contributed by atoms with Gasteiger partial charge >= 0.3 is 0 Å². The van der Waals surface area contributed by atoms with Crippen LogP contribution in [0.15, 0.2) is 17.2 Å². The first kappa shape index (κ1) is 12.8. The lowest BCUT2D eigenvalue weighted by atomic mass is 10.1. The Labute approximate surface area is 105 Å². The SMILES string of the molecule is CSc1nc(C)ccc1[C@H]1C[C@H](O)[C@@H](CO)O1. The van der Waals surface area contributed by atoms with Crippen LogP contribution in [0.2, 0.25) is 0 Å². The van der Waals surface area contributed by atoms with Crippen molar-refractivity contribution in [3.8, 4) is 0 Å². The number of ether oxygens (including phenoxy) is 1. The summed E-state index contributed by atoms with van der Waals surface area (Å²) in [7, 11) is 0. The fourth-order valence-electron chi connectivity index (χ4n) is 2.05. The van der Waals surface area contributed by atoms with Crippen LogP contribution in [-0.4, -0.2) is 40.3 Å². The van der Waals surface area contributed by atoms with E-state index in [4.69, 9.17) is 9.84 Å². The van der Waals surface area contributed by atoms with Gasteiger partial charge in [0, 0.05) is 17.7 Å². The number of thioether (sulfide) groups is 1. The van der Waals surface area contributed by atoms with E-state index in [-0.39, 0.29) is 12.7 Å². The van der Waals surface area contributed by atoms with Crippen molar-refractivity contribution < 1.29 is 14.9 Å². The van der Waals surface area contributed by atoms with Crippen LogP contribution in [0.25, 0.3) is 0 Å². The number of hydrogen-bond acceptors (Lipinski definition) is 5.